The number of nitrogens with one attached hydrogen (secondary N) is 1. The van der Waals surface area contributed by atoms with Crippen molar-refractivity contribution in [3.05, 3.63) is 0 Å². The van der Waals surface area contributed by atoms with E-state index < -0.39 is 0 Å². The third kappa shape index (κ3) is 5.43. The van der Waals surface area contributed by atoms with Gasteiger partial charge in [0.05, 0.1) is 0 Å². The smallest absolute Gasteiger partial charge is 0.221 e. The summed E-state index contributed by atoms with van der Waals surface area (Å²) in [5, 5.41) is 3.20. The monoisotopic (exact) mass is 190 g/mol. The summed E-state index contributed by atoms with van der Waals surface area (Å²) in [6, 6.07) is 0.0894. The van der Waals surface area contributed by atoms with Crippen molar-refractivity contribution in [3.63, 3.8) is 0 Å². The molecule has 1 unspecified atom stereocenters. The van der Waals surface area contributed by atoms with Gasteiger partial charge in [-0.05, 0) is 13.2 Å². The molecular weight excluding hydrogens is 172 g/mol. The number of thioether (sulfide) groups is 1. The Morgan fingerprint density at radius 1 is 1.58 bits per heavy atom. The summed E-state index contributed by atoms with van der Waals surface area (Å²) in [7, 11) is 0. The van der Waals surface area contributed by atoms with Gasteiger partial charge in [0.2, 0.25) is 5.91 Å². The third-order valence-corrected chi connectivity index (χ3v) is 2.61. The molecule has 12 heavy (non-hydrogen) atoms. The normalized spacial score (nSPS) is 15.3. The average Bonchev–Trinajstić information content (AvgIpc) is 2.03. The summed E-state index contributed by atoms with van der Waals surface area (Å²) in [6.07, 6.45) is 2.58. The Morgan fingerprint density at radius 3 is 2.58 bits per heavy atom. The standard InChI is InChI=1S/C8H18N2OS/c1-6(5-9)10-8(11)4-7(2)12-3/h6-7H,4-5,9H2,1-3H3,(H,10,11)/t6-,7?/m1/s1. The molecule has 0 aliphatic heterocycles. The van der Waals surface area contributed by atoms with Gasteiger partial charge < -0.3 is 11.1 Å². The van der Waals surface area contributed by atoms with Crippen LogP contribution in [-0.4, -0.2) is 30.0 Å². The molecule has 0 aromatic heterocycles. The molecule has 0 rings (SSSR count). The zero-order valence-electron chi connectivity index (χ0n) is 7.96. The van der Waals surface area contributed by atoms with Crippen molar-refractivity contribution < 1.29 is 4.79 Å². The van der Waals surface area contributed by atoms with E-state index in [0.29, 0.717) is 18.2 Å². The van der Waals surface area contributed by atoms with Crippen molar-refractivity contribution in [2.75, 3.05) is 12.8 Å². The van der Waals surface area contributed by atoms with Crippen molar-refractivity contribution in [2.45, 2.75) is 31.6 Å². The highest BCUT2D eigenvalue weighted by atomic mass is 32.2. The second-order valence-corrected chi connectivity index (χ2v) is 4.23. The van der Waals surface area contributed by atoms with Crippen LogP contribution in [0.15, 0.2) is 0 Å². The molecule has 0 spiro atoms. The van der Waals surface area contributed by atoms with Crippen LogP contribution in [-0.2, 0) is 4.79 Å². The van der Waals surface area contributed by atoms with Gasteiger partial charge in [0.25, 0.3) is 0 Å². The first-order valence-electron chi connectivity index (χ1n) is 4.12. The number of carbonyl (C=O) groups is 1. The molecule has 0 aliphatic rings. The molecule has 0 heterocycles. The van der Waals surface area contributed by atoms with Gasteiger partial charge in [0.1, 0.15) is 0 Å². The molecule has 0 aliphatic carbocycles. The molecule has 4 heteroatoms. The maximum atomic E-state index is 11.2. The first-order valence-corrected chi connectivity index (χ1v) is 5.41. The van der Waals surface area contributed by atoms with Crippen LogP contribution in [0.4, 0.5) is 0 Å². The van der Waals surface area contributed by atoms with Gasteiger partial charge in [-0.3, -0.25) is 4.79 Å². The topological polar surface area (TPSA) is 55.1 Å². The molecule has 0 aromatic carbocycles. The van der Waals surface area contributed by atoms with E-state index in [9.17, 15) is 4.79 Å². The SMILES string of the molecule is CSC(C)CC(=O)N[C@H](C)CN. The Kier molecular flexibility index (Phi) is 6.20. The predicted octanol–water partition coefficient (Wildman–Crippen LogP) is 0.591. The van der Waals surface area contributed by atoms with Gasteiger partial charge in [0, 0.05) is 24.3 Å². The second kappa shape index (κ2) is 6.31. The summed E-state index contributed by atoms with van der Waals surface area (Å²) in [4.78, 5) is 11.2. The summed E-state index contributed by atoms with van der Waals surface area (Å²) < 4.78 is 0. The first-order chi connectivity index (χ1) is 5.60. The van der Waals surface area contributed by atoms with Gasteiger partial charge in [-0.2, -0.15) is 11.8 Å². The molecule has 0 fully saturated rings. The van der Waals surface area contributed by atoms with Crippen LogP contribution in [0.1, 0.15) is 20.3 Å². The number of carbonyl (C=O) groups excluding carboxylic acids is 1. The number of amides is 1. The average molecular weight is 190 g/mol. The van der Waals surface area contributed by atoms with Gasteiger partial charge in [-0.25, -0.2) is 0 Å². The van der Waals surface area contributed by atoms with Crippen LogP contribution < -0.4 is 11.1 Å². The van der Waals surface area contributed by atoms with Crippen molar-refractivity contribution in [1.82, 2.24) is 5.32 Å². The minimum atomic E-state index is 0.0894. The largest absolute Gasteiger partial charge is 0.352 e. The van der Waals surface area contributed by atoms with Crippen LogP contribution in [0, 0.1) is 0 Å². The van der Waals surface area contributed by atoms with Crippen molar-refractivity contribution in [2.24, 2.45) is 5.73 Å². The van der Waals surface area contributed by atoms with Crippen LogP contribution in [0.5, 0.6) is 0 Å². The molecule has 0 aromatic rings. The van der Waals surface area contributed by atoms with Gasteiger partial charge in [-0.15, -0.1) is 0 Å². The van der Waals surface area contributed by atoms with Crippen LogP contribution >= 0.6 is 11.8 Å². The molecule has 3 N–H and O–H groups in total. The summed E-state index contributed by atoms with van der Waals surface area (Å²) in [5.41, 5.74) is 5.36. The Bertz CT molecular complexity index is 127. The van der Waals surface area contributed by atoms with E-state index in [2.05, 4.69) is 5.32 Å². The fraction of sp³-hybridized carbons (Fsp3) is 0.875. The fourth-order valence-electron chi connectivity index (χ4n) is 0.737. The van der Waals surface area contributed by atoms with Crippen molar-refractivity contribution in [3.8, 4) is 0 Å². The Hall–Kier alpha value is -0.220. The van der Waals surface area contributed by atoms with E-state index in [0.717, 1.165) is 0 Å². The Labute approximate surface area is 78.5 Å². The van der Waals surface area contributed by atoms with Crippen LogP contribution in [0.3, 0.4) is 0 Å². The zero-order valence-corrected chi connectivity index (χ0v) is 8.78. The highest BCUT2D eigenvalue weighted by molar-refractivity contribution is 7.99. The lowest BCUT2D eigenvalue weighted by atomic mass is 10.3. The van der Waals surface area contributed by atoms with E-state index in [4.69, 9.17) is 5.73 Å². The Balaban J connectivity index is 3.59. The lowest BCUT2D eigenvalue weighted by Crippen LogP contribution is -2.38. The Morgan fingerprint density at radius 2 is 2.17 bits per heavy atom. The fourth-order valence-corrected chi connectivity index (χ4v) is 1.06. The lowest BCUT2D eigenvalue weighted by molar-refractivity contribution is -0.121. The predicted molar refractivity (Wildman–Crippen MR) is 54.3 cm³/mol. The number of nitrogens with two attached hydrogens (primary N) is 1. The zero-order chi connectivity index (χ0) is 9.56. The van der Waals surface area contributed by atoms with Crippen LogP contribution in [0.25, 0.3) is 0 Å². The van der Waals surface area contributed by atoms with E-state index in [1.165, 1.54) is 0 Å². The quantitative estimate of drug-likeness (QED) is 0.667. The van der Waals surface area contributed by atoms with Gasteiger partial charge in [0.15, 0.2) is 0 Å². The number of hydrogen-bond acceptors (Lipinski definition) is 3. The van der Waals surface area contributed by atoms with Crippen molar-refractivity contribution in [1.29, 1.82) is 0 Å². The molecule has 72 valence electrons. The highest BCUT2D eigenvalue weighted by Crippen LogP contribution is 2.08. The van der Waals surface area contributed by atoms with Crippen LogP contribution in [0.2, 0.25) is 0 Å². The molecule has 0 radical (unpaired) electrons. The lowest BCUT2D eigenvalue weighted by Gasteiger charge is -2.13. The molecule has 3 nitrogen and oxygen atoms in total. The molecular formula is C8H18N2OS. The molecule has 0 saturated carbocycles. The summed E-state index contributed by atoms with van der Waals surface area (Å²) in [6.45, 7) is 4.44. The minimum absolute atomic E-state index is 0.0894. The molecule has 0 bridgehead atoms. The minimum Gasteiger partial charge on any atom is -0.352 e. The van der Waals surface area contributed by atoms with E-state index in [1.54, 1.807) is 11.8 Å². The summed E-state index contributed by atoms with van der Waals surface area (Å²) >= 11 is 1.70. The molecule has 1 amide bonds. The van der Waals surface area contributed by atoms with E-state index >= 15 is 0 Å². The maximum absolute atomic E-state index is 11.2. The second-order valence-electron chi connectivity index (χ2n) is 2.95. The van der Waals surface area contributed by atoms with Crippen molar-refractivity contribution >= 4 is 17.7 Å². The number of hydrogen-bond donors (Lipinski definition) is 2. The van der Waals surface area contributed by atoms with Gasteiger partial charge in [-0.1, -0.05) is 6.92 Å². The first kappa shape index (κ1) is 11.8. The molecule has 2 atom stereocenters. The highest BCUT2D eigenvalue weighted by Gasteiger charge is 2.09. The number of rotatable bonds is 5. The molecule has 0 saturated heterocycles. The van der Waals surface area contributed by atoms with E-state index in [-0.39, 0.29) is 11.9 Å². The summed E-state index contributed by atoms with van der Waals surface area (Å²) in [5.74, 6) is 0.0924. The third-order valence-electron chi connectivity index (χ3n) is 1.64. The maximum Gasteiger partial charge on any atom is 0.221 e. The van der Waals surface area contributed by atoms with E-state index in [1.807, 2.05) is 20.1 Å². The van der Waals surface area contributed by atoms with Gasteiger partial charge >= 0.3 is 0 Å².